The first-order valence-corrected chi connectivity index (χ1v) is 25.3. The maximum absolute atomic E-state index is 13.8. The standard InChI is InChI=1S/C53H82N2O24/c1-35(27-69-43(59)36(2)77-39(5)56)42(58)71-29-51(7,46(62)67-25-19-23-54(10,11)12)31-73-49(65)75-33-53(9,48(64)70-28-41-21-17-16-18-22-41)34-76-50(66)74-32-52(8,47(63)68-26-20-24-55(13,14)15)30-72-44(60)37(3)79-45(61)38(4)78-40(6)57/h16-18,21-22,35-38H,19-20,23-34H2,1-15H3/q+2/t35-,36+,37+,38+,51?,52?,53?/m1/s1. The van der Waals surface area contributed by atoms with Crippen molar-refractivity contribution in [2.24, 2.45) is 22.2 Å². The van der Waals surface area contributed by atoms with E-state index in [-0.39, 0.29) is 19.8 Å². The zero-order valence-electron chi connectivity index (χ0n) is 48.3. The molecule has 7 atom stereocenters. The van der Waals surface area contributed by atoms with Gasteiger partial charge in [0.05, 0.1) is 74.5 Å². The topological polar surface area (TPSA) is 308 Å². The third kappa shape index (κ3) is 28.4. The summed E-state index contributed by atoms with van der Waals surface area (Å²) in [7, 11) is 11.6. The predicted molar refractivity (Wildman–Crippen MR) is 272 cm³/mol. The van der Waals surface area contributed by atoms with E-state index in [2.05, 4.69) is 0 Å². The third-order valence-corrected chi connectivity index (χ3v) is 11.1. The lowest BCUT2D eigenvalue weighted by atomic mass is 9.93. The molecule has 0 heterocycles. The maximum Gasteiger partial charge on any atom is 0.508 e. The number of quaternary nitrogens is 2. The average molecular weight is 1130 g/mol. The molecule has 1 aromatic carbocycles. The van der Waals surface area contributed by atoms with E-state index >= 15 is 0 Å². The number of carbonyl (C=O) groups is 11. The number of ether oxygens (including phenoxy) is 13. The number of carbonyl (C=O) groups excluding carboxylic acids is 11. The minimum atomic E-state index is -1.99. The van der Waals surface area contributed by atoms with Crippen LogP contribution in [0.2, 0.25) is 0 Å². The van der Waals surface area contributed by atoms with Crippen LogP contribution in [-0.4, -0.2) is 208 Å². The largest absolute Gasteiger partial charge is 0.508 e. The Morgan fingerprint density at radius 2 is 0.772 bits per heavy atom. The molecule has 0 amide bonds. The lowest BCUT2D eigenvalue weighted by Gasteiger charge is -2.29. The Labute approximate surface area is 461 Å². The molecule has 26 nitrogen and oxygen atoms in total. The van der Waals surface area contributed by atoms with Gasteiger partial charge >= 0.3 is 66.0 Å². The molecule has 0 saturated carbocycles. The molecule has 0 saturated heterocycles. The molecule has 79 heavy (non-hydrogen) atoms. The van der Waals surface area contributed by atoms with Crippen molar-refractivity contribution >= 4 is 66.0 Å². The lowest BCUT2D eigenvalue weighted by molar-refractivity contribution is -0.870. The highest BCUT2D eigenvalue weighted by Gasteiger charge is 2.43. The molecule has 0 aromatic heterocycles. The van der Waals surface area contributed by atoms with E-state index in [1.807, 2.05) is 42.3 Å². The van der Waals surface area contributed by atoms with E-state index in [9.17, 15) is 52.7 Å². The summed E-state index contributed by atoms with van der Waals surface area (Å²) in [5.74, 6) is -9.46. The van der Waals surface area contributed by atoms with Crippen LogP contribution in [-0.2, 0) is 111 Å². The second kappa shape index (κ2) is 32.7. The van der Waals surface area contributed by atoms with E-state index in [1.165, 1.54) is 48.5 Å². The fourth-order valence-corrected chi connectivity index (χ4v) is 6.11. The molecule has 26 heteroatoms. The minimum absolute atomic E-state index is 0.0480. The van der Waals surface area contributed by atoms with Crippen LogP contribution in [0, 0.1) is 22.2 Å². The summed E-state index contributed by atoms with van der Waals surface area (Å²) in [6.45, 7) is 6.60. The SMILES string of the molecule is CC(=O)O[C@@H](C)C(=O)OC[C@@H](C)C(=O)OCC(C)(COC(=O)OCC(C)(COC(=O)OCC(C)(COC(=O)[C@H](C)OC(=O)[C@H](C)OC(C)=O)C(=O)OCCC[N+](C)(C)C)C(=O)OCc1ccccc1)C(=O)OCCC[N+](C)(C)C. The first kappa shape index (κ1) is 69.9. The molecule has 0 fully saturated rings. The quantitative estimate of drug-likeness (QED) is 0.0413. The molecule has 0 aliphatic heterocycles. The van der Waals surface area contributed by atoms with Gasteiger partial charge in [0, 0.05) is 26.7 Å². The molecule has 3 unspecified atom stereocenters. The fraction of sp³-hybridized carbons (Fsp3) is 0.679. The molecule has 0 aliphatic carbocycles. The Kier molecular flexibility index (Phi) is 29.0. The summed E-state index contributed by atoms with van der Waals surface area (Å²) in [4.78, 5) is 140. The monoisotopic (exact) mass is 1130 g/mol. The van der Waals surface area contributed by atoms with Gasteiger partial charge in [0.2, 0.25) is 0 Å². The summed E-state index contributed by atoms with van der Waals surface area (Å²) in [6.07, 6.45) is -6.14. The molecule has 0 N–H and O–H groups in total. The number of hydrogen-bond donors (Lipinski definition) is 0. The summed E-state index contributed by atoms with van der Waals surface area (Å²) >= 11 is 0. The Morgan fingerprint density at radius 1 is 0.430 bits per heavy atom. The molecule has 1 rings (SSSR count). The Balaban J connectivity index is 3.30. The Hall–Kier alpha value is -7.09. The van der Waals surface area contributed by atoms with Crippen LogP contribution in [0.5, 0.6) is 0 Å². The number of esters is 9. The second-order valence-corrected chi connectivity index (χ2v) is 21.7. The molecule has 0 aliphatic rings. The van der Waals surface area contributed by atoms with Crippen LogP contribution in [0.3, 0.4) is 0 Å². The summed E-state index contributed by atoms with van der Waals surface area (Å²) in [6, 6.07) is 8.47. The molecular weight excluding hydrogens is 1050 g/mol. The van der Waals surface area contributed by atoms with E-state index in [1.54, 1.807) is 30.3 Å². The average Bonchev–Trinajstić information content (AvgIpc) is 3.36. The smallest absolute Gasteiger partial charge is 0.465 e. The van der Waals surface area contributed by atoms with Gasteiger partial charge in [-0.3, -0.25) is 28.8 Å². The van der Waals surface area contributed by atoms with Gasteiger partial charge in [-0.25, -0.2) is 24.0 Å². The van der Waals surface area contributed by atoms with Gasteiger partial charge in [-0.1, -0.05) is 30.3 Å². The Bertz CT molecular complexity index is 2220. The van der Waals surface area contributed by atoms with Crippen molar-refractivity contribution in [2.75, 3.05) is 115 Å². The molecule has 0 radical (unpaired) electrons. The van der Waals surface area contributed by atoms with E-state index in [0.29, 0.717) is 40.5 Å². The normalized spacial score (nSPS) is 15.1. The van der Waals surface area contributed by atoms with Gasteiger partial charge < -0.3 is 70.5 Å². The first-order chi connectivity index (χ1) is 36.5. The lowest BCUT2D eigenvalue weighted by Crippen LogP contribution is -2.43. The van der Waals surface area contributed by atoms with Crippen LogP contribution < -0.4 is 0 Å². The van der Waals surface area contributed by atoms with Crippen molar-refractivity contribution in [3.63, 3.8) is 0 Å². The van der Waals surface area contributed by atoms with Crippen molar-refractivity contribution in [3.8, 4) is 0 Å². The van der Waals surface area contributed by atoms with Crippen LogP contribution in [0.4, 0.5) is 9.59 Å². The number of hydrogen-bond acceptors (Lipinski definition) is 24. The highest BCUT2D eigenvalue weighted by atomic mass is 16.7. The third-order valence-electron chi connectivity index (χ3n) is 11.1. The molecule has 1 aromatic rings. The summed E-state index contributed by atoms with van der Waals surface area (Å²) in [5, 5.41) is 0. The molecule has 0 bridgehead atoms. The highest BCUT2D eigenvalue weighted by Crippen LogP contribution is 2.26. The number of rotatable bonds is 34. The van der Waals surface area contributed by atoms with Crippen LogP contribution in [0.25, 0.3) is 0 Å². The van der Waals surface area contributed by atoms with Crippen LogP contribution >= 0.6 is 0 Å². The maximum atomic E-state index is 13.8. The number of benzene rings is 1. The molecular formula is C53H82N2O24+2. The summed E-state index contributed by atoms with van der Waals surface area (Å²) < 4.78 is 69.2. The van der Waals surface area contributed by atoms with Crippen molar-refractivity contribution in [3.05, 3.63) is 35.9 Å². The van der Waals surface area contributed by atoms with Crippen molar-refractivity contribution in [2.45, 2.75) is 100 Å². The fourth-order valence-electron chi connectivity index (χ4n) is 6.11. The van der Waals surface area contributed by atoms with Crippen LogP contribution in [0.15, 0.2) is 30.3 Å². The van der Waals surface area contributed by atoms with Crippen LogP contribution in [0.1, 0.15) is 80.7 Å². The van der Waals surface area contributed by atoms with Gasteiger partial charge in [0.15, 0.2) is 18.3 Å². The van der Waals surface area contributed by atoms with Gasteiger partial charge in [0.1, 0.15) is 69.1 Å². The summed E-state index contributed by atoms with van der Waals surface area (Å²) in [5.41, 5.74) is -5.16. The van der Waals surface area contributed by atoms with Crippen molar-refractivity contribution in [1.82, 2.24) is 0 Å². The zero-order chi connectivity index (χ0) is 60.4. The second-order valence-electron chi connectivity index (χ2n) is 21.7. The molecule has 446 valence electrons. The van der Waals surface area contributed by atoms with Crippen molar-refractivity contribution in [1.29, 1.82) is 0 Å². The van der Waals surface area contributed by atoms with Gasteiger partial charge in [-0.15, -0.1) is 0 Å². The predicted octanol–water partition coefficient (Wildman–Crippen LogP) is 3.43. The highest BCUT2D eigenvalue weighted by molar-refractivity contribution is 5.84. The van der Waals surface area contributed by atoms with E-state index < -0.39 is 153 Å². The minimum Gasteiger partial charge on any atom is -0.465 e. The van der Waals surface area contributed by atoms with E-state index in [4.69, 9.17) is 61.6 Å². The Morgan fingerprint density at radius 3 is 1.16 bits per heavy atom. The van der Waals surface area contributed by atoms with Gasteiger partial charge in [-0.2, -0.15) is 0 Å². The molecule has 0 spiro atoms. The zero-order valence-corrected chi connectivity index (χ0v) is 48.3. The van der Waals surface area contributed by atoms with Crippen molar-refractivity contribution < 1.29 is 123 Å². The van der Waals surface area contributed by atoms with Gasteiger partial charge in [-0.05, 0) is 54.0 Å². The number of nitrogens with zero attached hydrogens (tertiary/aromatic N) is 2. The van der Waals surface area contributed by atoms with E-state index in [0.717, 1.165) is 13.8 Å². The first-order valence-electron chi connectivity index (χ1n) is 25.3. The van der Waals surface area contributed by atoms with Gasteiger partial charge in [0.25, 0.3) is 0 Å².